The van der Waals surface area contributed by atoms with Crippen molar-refractivity contribution < 1.29 is 18.7 Å². The zero-order valence-corrected chi connectivity index (χ0v) is 15.4. The van der Waals surface area contributed by atoms with Gasteiger partial charge in [-0.2, -0.15) is 0 Å². The Hall–Kier alpha value is -1.31. The maximum atomic E-state index is 11.5. The molecule has 1 fully saturated rings. The first-order chi connectivity index (χ1) is 11.3. The third-order valence-corrected chi connectivity index (χ3v) is 4.64. The smallest absolute Gasteiger partial charge is 0.394 e. The van der Waals surface area contributed by atoms with Gasteiger partial charge in [-0.25, -0.2) is 0 Å². The van der Waals surface area contributed by atoms with Gasteiger partial charge in [0, 0.05) is 11.8 Å². The first-order valence-corrected chi connectivity index (χ1v) is 8.94. The molecule has 7 nitrogen and oxygen atoms in total. The molecule has 0 amide bonds. The minimum atomic E-state index is -2.07. The highest BCUT2D eigenvalue weighted by Crippen LogP contribution is 2.38. The Bertz CT molecular complexity index is 744. The van der Waals surface area contributed by atoms with Gasteiger partial charge in [-0.05, 0) is 44.5 Å². The van der Waals surface area contributed by atoms with Crippen molar-refractivity contribution in [2.24, 2.45) is 0 Å². The number of hydrogen-bond acceptors (Lipinski definition) is 6. The van der Waals surface area contributed by atoms with E-state index in [1.165, 1.54) is 0 Å². The number of aryl methyl sites for hydroxylation is 1. The predicted octanol–water partition coefficient (Wildman–Crippen LogP) is 3.23. The normalized spacial score (nSPS) is 21.5. The standard InChI is InChI=1S/C15H21N2O5PS/c1-9(2)11(4)22-23(19)20-8-12-5-6-13(21-12)17-7-10(3)14(18)16-15(17)24/h7,12-13,19H,1,4-6,8H2,2-3H3,(H,16,18,24). The molecular formula is C15H21N2O5PS. The summed E-state index contributed by atoms with van der Waals surface area (Å²) in [6.07, 6.45) is 2.71. The van der Waals surface area contributed by atoms with Gasteiger partial charge < -0.3 is 14.2 Å². The summed E-state index contributed by atoms with van der Waals surface area (Å²) in [5, 5.41) is 0. The van der Waals surface area contributed by atoms with E-state index in [0.29, 0.717) is 21.7 Å². The molecule has 0 bridgehead atoms. The fraction of sp³-hybridized carbons (Fsp3) is 0.467. The molecule has 0 aliphatic carbocycles. The molecule has 0 saturated carbocycles. The van der Waals surface area contributed by atoms with Crippen molar-refractivity contribution in [3.05, 3.63) is 51.4 Å². The van der Waals surface area contributed by atoms with Gasteiger partial charge in [-0.3, -0.25) is 18.9 Å². The van der Waals surface area contributed by atoms with Gasteiger partial charge in [0.05, 0.1) is 12.7 Å². The first kappa shape index (κ1) is 19.0. The molecule has 2 rings (SSSR count). The van der Waals surface area contributed by atoms with E-state index in [-0.39, 0.29) is 24.5 Å². The Morgan fingerprint density at radius 2 is 2.29 bits per heavy atom. The van der Waals surface area contributed by atoms with Crippen LogP contribution in [0.25, 0.3) is 0 Å². The number of H-pyrrole nitrogens is 1. The van der Waals surface area contributed by atoms with Crippen molar-refractivity contribution in [3.63, 3.8) is 0 Å². The van der Waals surface area contributed by atoms with E-state index in [2.05, 4.69) is 18.1 Å². The van der Waals surface area contributed by atoms with Crippen LogP contribution in [0, 0.1) is 11.7 Å². The zero-order chi connectivity index (χ0) is 17.9. The number of ether oxygens (including phenoxy) is 1. The van der Waals surface area contributed by atoms with Crippen molar-refractivity contribution >= 4 is 20.8 Å². The number of aromatic nitrogens is 2. The number of nitrogens with zero attached hydrogens (tertiary/aromatic N) is 1. The van der Waals surface area contributed by atoms with Crippen LogP contribution in [0.2, 0.25) is 0 Å². The van der Waals surface area contributed by atoms with Crippen molar-refractivity contribution in [1.29, 1.82) is 0 Å². The summed E-state index contributed by atoms with van der Waals surface area (Å²) in [5.41, 5.74) is 0.993. The third-order valence-electron chi connectivity index (χ3n) is 3.58. The molecule has 0 spiro atoms. The Morgan fingerprint density at radius 3 is 2.96 bits per heavy atom. The predicted molar refractivity (Wildman–Crippen MR) is 93.9 cm³/mol. The lowest BCUT2D eigenvalue weighted by molar-refractivity contribution is -0.0211. The van der Waals surface area contributed by atoms with Crippen LogP contribution in [0.5, 0.6) is 0 Å². The molecule has 0 aromatic carbocycles. The van der Waals surface area contributed by atoms with Crippen LogP contribution in [-0.4, -0.2) is 27.2 Å². The molecule has 1 aromatic rings. The van der Waals surface area contributed by atoms with Crippen LogP contribution in [0.3, 0.4) is 0 Å². The molecule has 132 valence electrons. The average molecular weight is 372 g/mol. The minimum absolute atomic E-state index is 0.192. The van der Waals surface area contributed by atoms with Gasteiger partial charge in [0.25, 0.3) is 5.56 Å². The maximum absolute atomic E-state index is 11.5. The van der Waals surface area contributed by atoms with Gasteiger partial charge in [-0.15, -0.1) is 0 Å². The zero-order valence-electron chi connectivity index (χ0n) is 13.7. The van der Waals surface area contributed by atoms with Crippen molar-refractivity contribution in [1.82, 2.24) is 9.55 Å². The molecule has 3 atom stereocenters. The summed E-state index contributed by atoms with van der Waals surface area (Å²) in [5.74, 6) is 0.295. The molecule has 1 aromatic heterocycles. The molecular weight excluding hydrogens is 351 g/mol. The number of rotatable bonds is 7. The monoisotopic (exact) mass is 372 g/mol. The highest BCUT2D eigenvalue weighted by atomic mass is 32.1. The summed E-state index contributed by atoms with van der Waals surface area (Å²) in [6.45, 7) is 10.9. The molecule has 9 heteroatoms. The molecule has 0 radical (unpaired) electrons. The Kier molecular flexibility index (Phi) is 6.48. The first-order valence-electron chi connectivity index (χ1n) is 7.40. The summed E-state index contributed by atoms with van der Waals surface area (Å²) >= 11 is 5.17. The molecule has 1 aliphatic rings. The van der Waals surface area contributed by atoms with E-state index in [4.69, 9.17) is 26.0 Å². The summed E-state index contributed by atoms with van der Waals surface area (Å²) in [6, 6.07) is 0. The van der Waals surface area contributed by atoms with Crippen molar-refractivity contribution in [2.75, 3.05) is 6.61 Å². The topological polar surface area (TPSA) is 85.7 Å². The Labute approximate surface area is 146 Å². The number of aromatic amines is 1. The largest absolute Gasteiger partial charge is 0.427 e. The van der Waals surface area contributed by atoms with Crippen molar-refractivity contribution in [3.8, 4) is 0 Å². The SMILES string of the molecule is C=C(C)C(=C)OP(O)OCC1CCC(n2cc(C)c(=O)[nH]c2=S)O1. The quantitative estimate of drug-likeness (QED) is 0.331. The minimum Gasteiger partial charge on any atom is -0.427 e. The molecule has 3 unspecified atom stereocenters. The van der Waals surface area contributed by atoms with Crippen LogP contribution >= 0.6 is 20.8 Å². The van der Waals surface area contributed by atoms with Gasteiger partial charge >= 0.3 is 8.60 Å². The maximum Gasteiger partial charge on any atom is 0.394 e. The van der Waals surface area contributed by atoms with Crippen molar-refractivity contribution in [2.45, 2.75) is 39.0 Å². The van der Waals surface area contributed by atoms with E-state index in [1.54, 1.807) is 24.6 Å². The number of hydrogen-bond donors (Lipinski definition) is 2. The third kappa shape index (κ3) is 4.84. The van der Waals surface area contributed by atoms with Crippen LogP contribution in [-0.2, 0) is 13.8 Å². The lowest BCUT2D eigenvalue weighted by Gasteiger charge is -2.18. The van der Waals surface area contributed by atoms with Crippen LogP contribution < -0.4 is 5.56 Å². The van der Waals surface area contributed by atoms with E-state index >= 15 is 0 Å². The van der Waals surface area contributed by atoms with Crippen LogP contribution in [0.15, 0.2) is 35.5 Å². The fourth-order valence-electron chi connectivity index (χ4n) is 2.16. The lowest BCUT2D eigenvalue weighted by Crippen LogP contribution is -2.20. The summed E-state index contributed by atoms with van der Waals surface area (Å²) in [7, 11) is -2.07. The van der Waals surface area contributed by atoms with Crippen LogP contribution in [0.4, 0.5) is 0 Å². The van der Waals surface area contributed by atoms with E-state index in [0.717, 1.165) is 12.8 Å². The highest BCUT2D eigenvalue weighted by molar-refractivity contribution is 7.71. The lowest BCUT2D eigenvalue weighted by atomic mass is 10.2. The molecule has 24 heavy (non-hydrogen) atoms. The summed E-state index contributed by atoms with van der Waals surface area (Å²) < 4.78 is 18.3. The summed E-state index contributed by atoms with van der Waals surface area (Å²) in [4.78, 5) is 23.9. The van der Waals surface area contributed by atoms with Gasteiger partial charge in [-0.1, -0.05) is 13.2 Å². The van der Waals surface area contributed by atoms with E-state index < -0.39 is 8.60 Å². The van der Waals surface area contributed by atoms with E-state index in [1.807, 2.05) is 0 Å². The van der Waals surface area contributed by atoms with Gasteiger partial charge in [0.1, 0.15) is 12.0 Å². The number of nitrogens with one attached hydrogen (secondary N) is 1. The average Bonchev–Trinajstić information content (AvgIpc) is 2.97. The van der Waals surface area contributed by atoms with Gasteiger partial charge in [0.15, 0.2) is 4.77 Å². The van der Waals surface area contributed by atoms with Crippen LogP contribution in [0.1, 0.15) is 31.6 Å². The second-order valence-electron chi connectivity index (χ2n) is 5.60. The second-order valence-corrected chi connectivity index (χ2v) is 6.90. The number of allylic oxidation sites excluding steroid dienone is 1. The second kappa shape index (κ2) is 8.18. The molecule has 1 saturated heterocycles. The Morgan fingerprint density at radius 1 is 1.58 bits per heavy atom. The molecule has 2 N–H and O–H groups in total. The molecule has 1 aliphatic heterocycles. The van der Waals surface area contributed by atoms with E-state index in [9.17, 15) is 9.69 Å². The fourth-order valence-corrected chi connectivity index (χ4v) is 3.11. The Balaban J connectivity index is 1.89. The molecule has 2 heterocycles. The highest BCUT2D eigenvalue weighted by Gasteiger charge is 2.28. The van der Waals surface area contributed by atoms with Gasteiger partial charge in [0.2, 0.25) is 0 Å².